The van der Waals surface area contributed by atoms with Crippen molar-refractivity contribution in [2.24, 2.45) is 0 Å². The van der Waals surface area contributed by atoms with Crippen LogP contribution in [0.15, 0.2) is 0 Å². The van der Waals surface area contributed by atoms with Crippen LogP contribution in [-0.4, -0.2) is 43.1 Å². The highest BCUT2D eigenvalue weighted by Crippen LogP contribution is 2.13. The zero-order valence-corrected chi connectivity index (χ0v) is 18.4. The first-order valence-electron chi connectivity index (χ1n) is 11.2. The monoisotopic (exact) mass is 408 g/mol. The normalized spacial score (nSPS) is 13.1. The molecule has 0 aromatic heterocycles. The van der Waals surface area contributed by atoms with Crippen molar-refractivity contribution < 1.29 is 22.8 Å². The smallest absolute Gasteiger partial charge is 0.267 e. The summed E-state index contributed by atoms with van der Waals surface area (Å²) in [5, 5.41) is 9.02. The number of unbranched alkanes of at least 4 members (excludes halogenated alkanes) is 15. The van der Waals surface area contributed by atoms with Crippen LogP contribution in [0.1, 0.15) is 110 Å². The number of ether oxygens (including phenoxy) is 1. The van der Waals surface area contributed by atoms with Crippen LogP contribution in [-0.2, 0) is 14.9 Å². The fraction of sp³-hybridized carbons (Fsp3) is 1.00. The van der Waals surface area contributed by atoms with Gasteiger partial charge in [0.15, 0.2) is 0 Å². The lowest BCUT2D eigenvalue weighted by atomic mass is 10.0. The molecule has 0 saturated heterocycles. The predicted octanol–water partition coefficient (Wildman–Crippen LogP) is 5.51. The molecule has 0 heterocycles. The fourth-order valence-electron chi connectivity index (χ4n) is 3.29. The zero-order valence-electron chi connectivity index (χ0n) is 17.5. The molecular formula is C21H44O5S. The van der Waals surface area contributed by atoms with Gasteiger partial charge in [0.2, 0.25) is 0 Å². The van der Waals surface area contributed by atoms with Gasteiger partial charge < -0.3 is 9.84 Å². The van der Waals surface area contributed by atoms with Crippen molar-refractivity contribution in [1.82, 2.24) is 0 Å². The average molecular weight is 409 g/mol. The summed E-state index contributed by atoms with van der Waals surface area (Å²) >= 11 is 0. The van der Waals surface area contributed by atoms with E-state index in [-0.39, 0.29) is 0 Å². The molecule has 0 aliphatic rings. The third-order valence-electron chi connectivity index (χ3n) is 4.95. The minimum absolute atomic E-state index is 0.390. The quantitative estimate of drug-likeness (QED) is 0.193. The maximum Gasteiger partial charge on any atom is 0.267 e. The van der Waals surface area contributed by atoms with Crippen LogP contribution in [0.25, 0.3) is 0 Å². The highest BCUT2D eigenvalue weighted by molar-refractivity contribution is 7.85. The van der Waals surface area contributed by atoms with E-state index in [0.717, 1.165) is 12.8 Å². The van der Waals surface area contributed by atoms with E-state index >= 15 is 0 Å². The largest absolute Gasteiger partial charge is 0.394 e. The zero-order chi connectivity index (χ0) is 20.2. The molecule has 1 unspecified atom stereocenters. The van der Waals surface area contributed by atoms with Crippen molar-refractivity contribution in [2.45, 2.75) is 116 Å². The molecule has 0 spiro atoms. The van der Waals surface area contributed by atoms with Crippen LogP contribution in [0.3, 0.4) is 0 Å². The van der Waals surface area contributed by atoms with Crippen molar-refractivity contribution in [2.75, 3.05) is 19.0 Å². The van der Waals surface area contributed by atoms with Crippen LogP contribution >= 0.6 is 0 Å². The van der Waals surface area contributed by atoms with E-state index in [1.807, 2.05) is 0 Å². The average Bonchev–Trinajstić information content (AvgIpc) is 2.62. The lowest BCUT2D eigenvalue weighted by Crippen LogP contribution is -2.27. The highest BCUT2D eigenvalue weighted by atomic mass is 32.2. The molecule has 5 nitrogen and oxygen atoms in total. The Morgan fingerprint density at radius 3 is 1.41 bits per heavy atom. The van der Waals surface area contributed by atoms with E-state index in [2.05, 4.69) is 6.92 Å². The van der Waals surface area contributed by atoms with Crippen molar-refractivity contribution in [3.05, 3.63) is 0 Å². The van der Waals surface area contributed by atoms with E-state index < -0.39 is 28.6 Å². The van der Waals surface area contributed by atoms with Gasteiger partial charge in [-0.15, -0.1) is 0 Å². The Morgan fingerprint density at radius 1 is 0.704 bits per heavy atom. The van der Waals surface area contributed by atoms with E-state index in [1.54, 1.807) is 0 Å². The van der Waals surface area contributed by atoms with Gasteiger partial charge in [0.1, 0.15) is 5.75 Å². The summed E-state index contributed by atoms with van der Waals surface area (Å²) < 4.78 is 35.5. The summed E-state index contributed by atoms with van der Waals surface area (Å²) in [6.07, 6.45) is 20.0. The first-order chi connectivity index (χ1) is 13.0. The molecule has 0 aromatic rings. The van der Waals surface area contributed by atoms with Gasteiger partial charge in [-0.1, -0.05) is 103 Å². The molecule has 0 amide bonds. The van der Waals surface area contributed by atoms with Gasteiger partial charge in [-0.3, -0.25) is 4.55 Å². The molecule has 0 bridgehead atoms. The summed E-state index contributed by atoms with van der Waals surface area (Å²) in [4.78, 5) is 0. The molecule has 2 N–H and O–H groups in total. The maximum absolute atomic E-state index is 10.7. The Hall–Kier alpha value is -0.170. The molecule has 164 valence electrons. The molecule has 0 radical (unpaired) electrons. The Labute approximate surface area is 168 Å². The molecule has 0 aromatic carbocycles. The maximum atomic E-state index is 10.7. The van der Waals surface area contributed by atoms with Crippen molar-refractivity contribution in [3.63, 3.8) is 0 Å². The Kier molecular flexibility index (Phi) is 19.0. The molecule has 0 saturated carbocycles. The molecule has 0 rings (SSSR count). The highest BCUT2D eigenvalue weighted by Gasteiger charge is 2.16. The van der Waals surface area contributed by atoms with E-state index in [0.29, 0.717) is 6.61 Å². The van der Waals surface area contributed by atoms with Crippen LogP contribution < -0.4 is 0 Å². The molecule has 1 atom stereocenters. The van der Waals surface area contributed by atoms with Crippen molar-refractivity contribution in [1.29, 1.82) is 0 Å². The third-order valence-corrected chi connectivity index (χ3v) is 5.74. The molecule has 27 heavy (non-hydrogen) atoms. The Bertz CT molecular complexity index is 397. The molecular weight excluding hydrogens is 364 g/mol. The second-order valence-corrected chi connectivity index (χ2v) is 9.22. The summed E-state index contributed by atoms with van der Waals surface area (Å²) in [7, 11) is -4.09. The van der Waals surface area contributed by atoms with Gasteiger partial charge in [-0.25, -0.2) is 0 Å². The minimum atomic E-state index is -4.09. The predicted molar refractivity (Wildman–Crippen MR) is 113 cm³/mol. The van der Waals surface area contributed by atoms with E-state index in [4.69, 9.17) is 14.4 Å². The first-order valence-corrected chi connectivity index (χ1v) is 12.8. The van der Waals surface area contributed by atoms with Gasteiger partial charge in [0.05, 0.1) is 12.7 Å². The van der Waals surface area contributed by atoms with Crippen LogP contribution in [0, 0.1) is 0 Å². The summed E-state index contributed by atoms with van der Waals surface area (Å²) in [5.41, 5.74) is 0. The first kappa shape index (κ1) is 26.8. The number of aliphatic hydroxyl groups excluding tert-OH is 1. The molecule has 0 fully saturated rings. The summed E-state index contributed by atoms with van der Waals surface area (Å²) in [6, 6.07) is 0. The molecule has 0 aliphatic carbocycles. The van der Waals surface area contributed by atoms with E-state index in [9.17, 15) is 8.42 Å². The third kappa shape index (κ3) is 22.0. The summed E-state index contributed by atoms with van der Waals surface area (Å²) in [5.74, 6) is -0.539. The van der Waals surface area contributed by atoms with Crippen LogP contribution in [0.5, 0.6) is 0 Å². The Morgan fingerprint density at radius 2 is 1.07 bits per heavy atom. The SMILES string of the molecule is CCCCCCCCCCCCCCCCCCOC(CO)CS(=O)(=O)O. The lowest BCUT2D eigenvalue weighted by Gasteiger charge is -2.13. The van der Waals surface area contributed by atoms with Gasteiger partial charge in [0, 0.05) is 6.61 Å². The van der Waals surface area contributed by atoms with E-state index in [1.165, 1.54) is 89.9 Å². The van der Waals surface area contributed by atoms with Crippen LogP contribution in [0.4, 0.5) is 0 Å². The fourth-order valence-corrected chi connectivity index (χ4v) is 3.96. The number of hydrogen-bond donors (Lipinski definition) is 2. The molecule has 0 aliphatic heterocycles. The van der Waals surface area contributed by atoms with Crippen molar-refractivity contribution >= 4 is 10.1 Å². The minimum Gasteiger partial charge on any atom is -0.394 e. The second-order valence-electron chi connectivity index (χ2n) is 7.73. The second kappa shape index (κ2) is 19.2. The lowest BCUT2D eigenvalue weighted by molar-refractivity contribution is 0.0242. The molecule has 6 heteroatoms. The summed E-state index contributed by atoms with van der Waals surface area (Å²) in [6.45, 7) is 2.30. The number of hydrogen-bond acceptors (Lipinski definition) is 4. The topological polar surface area (TPSA) is 83.8 Å². The van der Waals surface area contributed by atoms with Gasteiger partial charge in [-0.05, 0) is 6.42 Å². The van der Waals surface area contributed by atoms with Gasteiger partial charge in [-0.2, -0.15) is 8.42 Å². The van der Waals surface area contributed by atoms with Gasteiger partial charge >= 0.3 is 0 Å². The van der Waals surface area contributed by atoms with Crippen LogP contribution in [0.2, 0.25) is 0 Å². The Balaban J connectivity index is 3.23. The van der Waals surface area contributed by atoms with Gasteiger partial charge in [0.25, 0.3) is 10.1 Å². The van der Waals surface area contributed by atoms with Crippen molar-refractivity contribution in [3.8, 4) is 0 Å². The standard InChI is InChI=1S/C21H44O5S/c1-2-3-4-5-6-7-8-9-10-11-12-13-14-15-16-17-18-26-21(19-22)20-27(23,24)25/h21-22H,2-20H2,1H3,(H,23,24,25). The number of aliphatic hydroxyl groups is 1. The number of rotatable bonds is 21.